The number of hydrogen-bond donors (Lipinski definition) is 0. The molecule has 1 saturated heterocycles. The van der Waals surface area contributed by atoms with Gasteiger partial charge in [0.2, 0.25) is 0 Å². The number of nitro benzene ring substituents is 1. The number of benzene rings is 3. The van der Waals surface area contributed by atoms with Gasteiger partial charge in [-0.15, -0.1) is 0 Å². The average Bonchev–Trinajstić information content (AvgIpc) is 3.31. The van der Waals surface area contributed by atoms with Gasteiger partial charge in [0.05, 0.1) is 15.5 Å². The van der Waals surface area contributed by atoms with Crippen molar-refractivity contribution in [1.82, 2.24) is 4.57 Å². The lowest BCUT2D eigenvalue weighted by Gasteiger charge is -2.13. The molecule has 0 unspecified atom stereocenters. The van der Waals surface area contributed by atoms with Crippen LogP contribution >= 0.6 is 24.0 Å². The summed E-state index contributed by atoms with van der Waals surface area (Å²) in [4.78, 5) is 25.5. The van der Waals surface area contributed by atoms with Crippen LogP contribution in [0, 0.1) is 15.9 Å². The van der Waals surface area contributed by atoms with Crippen LogP contribution in [-0.4, -0.2) is 19.7 Å². The van der Waals surface area contributed by atoms with Crippen LogP contribution in [0.1, 0.15) is 11.1 Å². The van der Waals surface area contributed by atoms with Gasteiger partial charge < -0.3 is 4.57 Å². The van der Waals surface area contributed by atoms with Gasteiger partial charge in [-0.1, -0.05) is 54.3 Å². The Kier molecular flexibility index (Phi) is 5.72. The van der Waals surface area contributed by atoms with E-state index in [4.69, 9.17) is 12.2 Å². The molecule has 0 atom stereocenters. The molecule has 6 nitrogen and oxygen atoms in total. The molecule has 9 heteroatoms. The number of anilines is 1. The van der Waals surface area contributed by atoms with Gasteiger partial charge in [-0.3, -0.25) is 19.8 Å². The molecule has 1 amide bonds. The van der Waals surface area contributed by atoms with Crippen molar-refractivity contribution in [2.24, 2.45) is 0 Å². The second-order valence-electron chi connectivity index (χ2n) is 7.65. The number of thioether (sulfide) groups is 1. The average molecular weight is 490 g/mol. The Morgan fingerprint density at radius 1 is 1.03 bits per heavy atom. The first-order valence-corrected chi connectivity index (χ1v) is 11.5. The molecule has 0 N–H and O–H groups in total. The summed E-state index contributed by atoms with van der Waals surface area (Å²) in [5.74, 6) is -0.559. The Hall–Kier alpha value is -3.82. The highest BCUT2D eigenvalue weighted by Gasteiger charge is 2.33. The van der Waals surface area contributed by atoms with E-state index in [0.717, 1.165) is 22.0 Å². The minimum Gasteiger partial charge on any atom is -0.342 e. The van der Waals surface area contributed by atoms with Gasteiger partial charge in [0.1, 0.15) is 5.82 Å². The van der Waals surface area contributed by atoms with Crippen molar-refractivity contribution in [3.8, 4) is 0 Å². The first kappa shape index (κ1) is 22.0. The zero-order valence-electron chi connectivity index (χ0n) is 17.6. The van der Waals surface area contributed by atoms with Gasteiger partial charge in [-0.2, -0.15) is 0 Å². The molecule has 4 aromatic rings. The molecular weight excluding hydrogens is 473 g/mol. The van der Waals surface area contributed by atoms with Crippen molar-refractivity contribution in [3.63, 3.8) is 0 Å². The number of para-hydroxylation sites is 1. The number of fused-ring (bicyclic) bond motifs is 1. The van der Waals surface area contributed by atoms with Crippen molar-refractivity contribution in [2.45, 2.75) is 6.54 Å². The molecule has 2 heterocycles. The van der Waals surface area contributed by atoms with Gasteiger partial charge in [0.15, 0.2) is 4.32 Å². The Labute approximate surface area is 203 Å². The van der Waals surface area contributed by atoms with Gasteiger partial charge in [0.25, 0.3) is 11.6 Å². The molecule has 0 bridgehead atoms. The topological polar surface area (TPSA) is 68.4 Å². The van der Waals surface area contributed by atoms with Crippen LogP contribution < -0.4 is 4.90 Å². The normalized spacial score (nSPS) is 15.0. The number of rotatable bonds is 5. The van der Waals surface area contributed by atoms with E-state index in [1.54, 1.807) is 12.1 Å². The third-order valence-electron chi connectivity index (χ3n) is 5.48. The fraction of sp³-hybridized carbons (Fsp3) is 0.0400. The molecule has 3 aromatic carbocycles. The highest BCUT2D eigenvalue weighted by molar-refractivity contribution is 8.27. The van der Waals surface area contributed by atoms with E-state index in [2.05, 4.69) is 4.57 Å². The van der Waals surface area contributed by atoms with E-state index in [1.807, 2.05) is 36.5 Å². The molecule has 0 aliphatic carbocycles. The molecule has 168 valence electrons. The maximum Gasteiger partial charge on any atom is 0.270 e. The third kappa shape index (κ3) is 4.11. The zero-order chi connectivity index (χ0) is 23.8. The van der Waals surface area contributed by atoms with Gasteiger partial charge in [0, 0.05) is 41.3 Å². The molecule has 0 radical (unpaired) electrons. The van der Waals surface area contributed by atoms with Gasteiger partial charge >= 0.3 is 0 Å². The van der Waals surface area contributed by atoms with E-state index in [9.17, 15) is 19.3 Å². The summed E-state index contributed by atoms with van der Waals surface area (Å²) < 4.78 is 15.7. The minimum atomic E-state index is -0.490. The van der Waals surface area contributed by atoms with Gasteiger partial charge in [-0.25, -0.2) is 4.39 Å². The van der Waals surface area contributed by atoms with Crippen LogP contribution in [0.5, 0.6) is 0 Å². The first-order valence-electron chi connectivity index (χ1n) is 10.3. The number of halogens is 1. The quantitative estimate of drug-likeness (QED) is 0.146. The summed E-state index contributed by atoms with van der Waals surface area (Å²) in [6.45, 7) is 0.554. The predicted octanol–water partition coefficient (Wildman–Crippen LogP) is 6.14. The van der Waals surface area contributed by atoms with E-state index < -0.39 is 4.92 Å². The Bertz CT molecular complexity index is 1480. The molecule has 34 heavy (non-hydrogen) atoms. The number of thiocarbonyl (C=S) groups is 1. The smallest absolute Gasteiger partial charge is 0.270 e. The molecular formula is C25H16FN3O3S2. The highest BCUT2D eigenvalue weighted by Crippen LogP contribution is 2.37. The number of hydrogen-bond acceptors (Lipinski definition) is 5. The number of nitrogens with zero attached hydrogens (tertiary/aromatic N) is 3. The molecule has 0 spiro atoms. The van der Waals surface area contributed by atoms with E-state index in [-0.39, 0.29) is 17.4 Å². The molecule has 1 aliphatic rings. The summed E-state index contributed by atoms with van der Waals surface area (Å²) in [5, 5.41) is 11.9. The second-order valence-corrected chi connectivity index (χ2v) is 9.32. The summed E-state index contributed by atoms with van der Waals surface area (Å²) in [6.07, 6.45) is 3.78. The lowest BCUT2D eigenvalue weighted by atomic mass is 10.1. The fourth-order valence-electron chi connectivity index (χ4n) is 3.86. The summed E-state index contributed by atoms with van der Waals surface area (Å²) in [6, 6.07) is 20.0. The fourth-order valence-corrected chi connectivity index (χ4v) is 5.15. The number of nitro groups is 1. The monoisotopic (exact) mass is 489 g/mol. The van der Waals surface area contributed by atoms with Crippen LogP contribution in [0.25, 0.3) is 17.0 Å². The van der Waals surface area contributed by atoms with E-state index >= 15 is 0 Å². The molecule has 5 rings (SSSR count). The summed E-state index contributed by atoms with van der Waals surface area (Å²) >= 11 is 6.62. The second kappa shape index (κ2) is 8.85. The third-order valence-corrected chi connectivity index (χ3v) is 6.79. The van der Waals surface area contributed by atoms with Crippen LogP contribution in [0.4, 0.5) is 15.8 Å². The first-order chi connectivity index (χ1) is 16.4. The van der Waals surface area contributed by atoms with Crippen molar-refractivity contribution >= 4 is 62.6 Å². The highest BCUT2D eigenvalue weighted by atomic mass is 32.2. The van der Waals surface area contributed by atoms with Crippen LogP contribution in [-0.2, 0) is 11.3 Å². The van der Waals surface area contributed by atoms with Crippen molar-refractivity contribution in [3.05, 3.63) is 111 Å². The van der Waals surface area contributed by atoms with Crippen LogP contribution in [0.15, 0.2) is 83.9 Å². The Morgan fingerprint density at radius 3 is 2.44 bits per heavy atom. The Balaban J connectivity index is 1.48. The Morgan fingerprint density at radius 2 is 1.74 bits per heavy atom. The maximum absolute atomic E-state index is 13.3. The molecule has 1 fully saturated rings. The summed E-state index contributed by atoms with van der Waals surface area (Å²) in [7, 11) is 0. The lowest BCUT2D eigenvalue weighted by molar-refractivity contribution is -0.384. The van der Waals surface area contributed by atoms with E-state index in [1.165, 1.54) is 53.1 Å². The van der Waals surface area contributed by atoms with Crippen LogP contribution in [0.3, 0.4) is 0 Å². The van der Waals surface area contributed by atoms with Gasteiger partial charge in [-0.05, 0) is 42.0 Å². The van der Waals surface area contributed by atoms with E-state index in [0.29, 0.717) is 21.5 Å². The summed E-state index contributed by atoms with van der Waals surface area (Å²) in [5.41, 5.74) is 3.23. The number of carbonyl (C=O) groups excluding carboxylic acids is 1. The lowest BCUT2D eigenvalue weighted by Crippen LogP contribution is -2.27. The number of amides is 1. The SMILES string of the molecule is O=C1/C(=C/c2cn(Cc3ccc(F)cc3)c3ccccc23)SC(=S)N1c1ccc([N+](=O)[O-])cc1. The predicted molar refractivity (Wildman–Crippen MR) is 136 cm³/mol. The number of aromatic nitrogens is 1. The van der Waals surface area contributed by atoms with Crippen LogP contribution in [0.2, 0.25) is 0 Å². The molecule has 1 aromatic heterocycles. The molecule has 1 aliphatic heterocycles. The number of carbonyl (C=O) groups is 1. The van der Waals surface area contributed by atoms with Crippen molar-refractivity contribution in [2.75, 3.05) is 4.90 Å². The van der Waals surface area contributed by atoms with Crippen molar-refractivity contribution in [1.29, 1.82) is 0 Å². The maximum atomic E-state index is 13.3. The standard InChI is InChI=1S/C25H16FN3O3S2/c26-18-7-5-16(6-8-18)14-27-15-17(21-3-1-2-4-22(21)27)13-23-24(30)28(25(33)34-23)19-9-11-20(12-10-19)29(31)32/h1-13,15H,14H2/b23-13-. The minimum absolute atomic E-state index is 0.0568. The van der Waals surface area contributed by atoms with Crippen molar-refractivity contribution < 1.29 is 14.1 Å². The zero-order valence-corrected chi connectivity index (χ0v) is 19.2. The molecule has 0 saturated carbocycles. The number of non-ortho nitro benzene ring substituents is 1. The largest absolute Gasteiger partial charge is 0.342 e.